The minimum atomic E-state index is 1.05. The Kier molecular flexibility index (Phi) is 7.01. The third-order valence-corrected chi connectivity index (χ3v) is 5.56. The molecule has 0 radical (unpaired) electrons. The quantitative estimate of drug-likeness (QED) is 0.345. The van der Waals surface area contributed by atoms with E-state index in [0.717, 1.165) is 38.8 Å². The second-order valence-electron chi connectivity index (χ2n) is 7.83. The molecule has 2 heteroatoms. The second-order valence-corrected chi connectivity index (χ2v) is 7.83. The first-order valence-electron chi connectivity index (χ1n) is 10.9. The van der Waals surface area contributed by atoms with Crippen molar-refractivity contribution in [2.24, 2.45) is 0 Å². The normalized spacial score (nSPS) is 10.8. The molecule has 4 rings (SSSR count). The number of aromatic nitrogens is 2. The van der Waals surface area contributed by atoms with E-state index in [1.165, 1.54) is 22.3 Å². The topological polar surface area (TPSA) is 7.76 Å². The summed E-state index contributed by atoms with van der Waals surface area (Å²) in [4.78, 5) is 0. The van der Waals surface area contributed by atoms with Gasteiger partial charge >= 0.3 is 0 Å². The lowest BCUT2D eigenvalue weighted by Gasteiger charge is -2.03. The van der Waals surface area contributed by atoms with Crippen LogP contribution >= 0.6 is 0 Å². The number of rotatable bonds is 9. The molecule has 4 aromatic rings. The predicted molar refractivity (Wildman–Crippen MR) is 122 cm³/mol. The molecule has 0 spiro atoms. The van der Waals surface area contributed by atoms with E-state index in [1.807, 2.05) is 0 Å². The van der Waals surface area contributed by atoms with Crippen LogP contribution in [0.4, 0.5) is 0 Å². The molecule has 0 unspecified atom stereocenters. The Balaban J connectivity index is 1.26. The van der Waals surface area contributed by atoms with Gasteiger partial charge in [0.15, 0.2) is 24.8 Å². The van der Waals surface area contributed by atoms with Crippen molar-refractivity contribution in [3.63, 3.8) is 0 Å². The highest BCUT2D eigenvalue weighted by atomic mass is 14.9. The molecule has 0 amide bonds. The Morgan fingerprint density at radius 3 is 1.17 bits per heavy atom. The molecule has 150 valence electrons. The summed E-state index contributed by atoms with van der Waals surface area (Å²) in [7, 11) is 0. The Bertz CT molecular complexity index is 921. The Hall–Kier alpha value is -3.26. The van der Waals surface area contributed by atoms with E-state index in [-0.39, 0.29) is 0 Å². The zero-order valence-electron chi connectivity index (χ0n) is 17.5. The van der Waals surface area contributed by atoms with E-state index >= 15 is 0 Å². The number of nitrogens with zero attached hydrogens (tertiary/aromatic N) is 2. The van der Waals surface area contributed by atoms with Crippen LogP contribution in [0.3, 0.4) is 0 Å². The molecule has 0 N–H and O–H groups in total. The van der Waals surface area contributed by atoms with Crippen LogP contribution < -0.4 is 9.13 Å². The minimum absolute atomic E-state index is 1.05. The highest BCUT2D eigenvalue weighted by Gasteiger charge is 2.06. The largest absolute Gasteiger partial charge is 0.205 e. The van der Waals surface area contributed by atoms with Gasteiger partial charge in [-0.15, -0.1) is 0 Å². The summed E-state index contributed by atoms with van der Waals surface area (Å²) in [6.45, 7) is 2.09. The molecule has 0 saturated carbocycles. The van der Waals surface area contributed by atoms with Crippen LogP contribution in [-0.2, 0) is 25.9 Å². The van der Waals surface area contributed by atoms with Crippen molar-refractivity contribution in [2.75, 3.05) is 0 Å². The first-order chi connectivity index (χ1) is 14.9. The molecular weight excluding hydrogens is 364 g/mol. The van der Waals surface area contributed by atoms with Gasteiger partial charge in [-0.1, -0.05) is 60.7 Å². The van der Waals surface area contributed by atoms with Gasteiger partial charge < -0.3 is 0 Å². The van der Waals surface area contributed by atoms with Gasteiger partial charge in [-0.25, -0.2) is 9.13 Å². The fraction of sp³-hybridized carbons (Fsp3) is 0.214. The molecule has 0 aliphatic rings. The number of hydrogen-bond acceptors (Lipinski definition) is 0. The third-order valence-electron chi connectivity index (χ3n) is 5.56. The van der Waals surface area contributed by atoms with Crippen LogP contribution in [0.1, 0.15) is 24.0 Å². The molecule has 0 aliphatic carbocycles. The van der Waals surface area contributed by atoms with Gasteiger partial charge in [0.25, 0.3) is 0 Å². The first-order valence-corrected chi connectivity index (χ1v) is 10.9. The lowest BCUT2D eigenvalue weighted by Crippen LogP contribution is -2.33. The van der Waals surface area contributed by atoms with Crippen molar-refractivity contribution in [1.82, 2.24) is 0 Å². The molecule has 2 nitrogen and oxygen atoms in total. The molecule has 0 bridgehead atoms. The average Bonchev–Trinajstić information content (AvgIpc) is 2.82. The summed E-state index contributed by atoms with van der Waals surface area (Å²) < 4.78 is 4.55. The number of pyridine rings is 2. The summed E-state index contributed by atoms with van der Waals surface area (Å²) in [6, 6.07) is 30.3. The molecule has 0 atom stereocenters. The number of hydrogen-bond donors (Lipinski definition) is 0. The van der Waals surface area contributed by atoms with Gasteiger partial charge in [-0.2, -0.15) is 0 Å². The van der Waals surface area contributed by atoms with Gasteiger partial charge in [0.1, 0.15) is 13.1 Å². The maximum atomic E-state index is 2.28. The smallest absolute Gasteiger partial charge is 0.169 e. The fourth-order valence-corrected chi connectivity index (χ4v) is 3.82. The SMILES string of the molecule is c1ccc(CCC[n+]2ccc(-c3cc[n+](CCCc4ccccc4)cc3)cc2)cc1. The van der Waals surface area contributed by atoms with E-state index in [1.54, 1.807) is 0 Å². The second kappa shape index (κ2) is 10.5. The molecule has 0 fully saturated rings. The predicted octanol–water partition coefficient (Wildman–Crippen LogP) is 5.19. The minimum Gasteiger partial charge on any atom is -0.205 e. The molecule has 2 aromatic heterocycles. The summed E-state index contributed by atoms with van der Waals surface area (Å²) in [5.74, 6) is 0. The van der Waals surface area contributed by atoms with Gasteiger partial charge in [0.2, 0.25) is 0 Å². The van der Waals surface area contributed by atoms with E-state index in [2.05, 4.69) is 119 Å². The van der Waals surface area contributed by atoms with Crippen molar-refractivity contribution in [3.8, 4) is 11.1 Å². The van der Waals surface area contributed by atoms with Crippen LogP contribution in [0, 0.1) is 0 Å². The van der Waals surface area contributed by atoms with Crippen molar-refractivity contribution < 1.29 is 9.13 Å². The van der Waals surface area contributed by atoms with Crippen molar-refractivity contribution in [3.05, 3.63) is 121 Å². The standard InChI is InChI=1S/C28H30N2/c1-3-9-25(10-4-1)13-7-19-29-21-15-27(16-22-29)28-17-23-30(24-18-28)20-8-14-26-11-5-2-6-12-26/h1-6,9-12,15-18,21-24H,7-8,13-14,19-20H2/q+2. The van der Waals surface area contributed by atoms with Crippen LogP contribution in [0.15, 0.2) is 110 Å². The molecule has 0 aliphatic heterocycles. The third kappa shape index (κ3) is 5.87. The highest BCUT2D eigenvalue weighted by molar-refractivity contribution is 5.60. The van der Waals surface area contributed by atoms with Crippen LogP contribution in [0.2, 0.25) is 0 Å². The van der Waals surface area contributed by atoms with Gasteiger partial charge in [0.05, 0.1) is 0 Å². The van der Waals surface area contributed by atoms with Crippen molar-refractivity contribution in [1.29, 1.82) is 0 Å². The van der Waals surface area contributed by atoms with Gasteiger partial charge in [-0.05, 0) is 35.1 Å². The van der Waals surface area contributed by atoms with Gasteiger partial charge in [-0.3, -0.25) is 0 Å². The number of aryl methyl sites for hydroxylation is 4. The number of benzene rings is 2. The zero-order valence-corrected chi connectivity index (χ0v) is 17.5. The molecule has 30 heavy (non-hydrogen) atoms. The van der Waals surface area contributed by atoms with Crippen LogP contribution in [-0.4, -0.2) is 0 Å². The van der Waals surface area contributed by atoms with E-state index in [9.17, 15) is 0 Å². The maximum Gasteiger partial charge on any atom is 0.169 e. The fourth-order valence-electron chi connectivity index (χ4n) is 3.82. The summed E-state index contributed by atoms with van der Waals surface area (Å²) >= 11 is 0. The maximum absolute atomic E-state index is 2.28. The molecule has 0 saturated heterocycles. The van der Waals surface area contributed by atoms with Crippen molar-refractivity contribution in [2.45, 2.75) is 38.8 Å². The van der Waals surface area contributed by atoms with E-state index in [4.69, 9.17) is 0 Å². The molecular formula is C28H30N2+2. The summed E-state index contributed by atoms with van der Waals surface area (Å²) in [5, 5.41) is 0. The Morgan fingerprint density at radius 2 is 0.800 bits per heavy atom. The molecule has 2 aromatic carbocycles. The Labute approximate surface area is 180 Å². The summed E-state index contributed by atoms with van der Waals surface area (Å²) in [6.07, 6.45) is 13.3. The van der Waals surface area contributed by atoms with Crippen LogP contribution in [0.25, 0.3) is 11.1 Å². The van der Waals surface area contributed by atoms with E-state index < -0.39 is 0 Å². The Morgan fingerprint density at radius 1 is 0.433 bits per heavy atom. The molecule has 2 heterocycles. The first kappa shape index (κ1) is 20.0. The zero-order chi connectivity index (χ0) is 20.4. The van der Waals surface area contributed by atoms with E-state index in [0.29, 0.717) is 0 Å². The van der Waals surface area contributed by atoms with Crippen molar-refractivity contribution >= 4 is 0 Å². The highest BCUT2D eigenvalue weighted by Crippen LogP contribution is 2.15. The lowest BCUT2D eigenvalue weighted by molar-refractivity contribution is -0.697. The van der Waals surface area contributed by atoms with Crippen LogP contribution in [0.5, 0.6) is 0 Å². The summed E-state index contributed by atoms with van der Waals surface area (Å²) in [5.41, 5.74) is 5.36. The monoisotopic (exact) mass is 394 g/mol. The van der Waals surface area contributed by atoms with Gasteiger partial charge in [0, 0.05) is 37.1 Å². The average molecular weight is 395 g/mol. The lowest BCUT2D eigenvalue weighted by atomic mass is 10.1.